The number of rotatable bonds is 4. The maximum atomic E-state index is 7.05. The predicted molar refractivity (Wildman–Crippen MR) is 52.3 cm³/mol. The molecule has 0 amide bonds. The summed E-state index contributed by atoms with van der Waals surface area (Å²) in [7, 11) is -5.14. The minimum Gasteiger partial charge on any atom is -0.497 e. The second kappa shape index (κ2) is 4.72. The van der Waals surface area contributed by atoms with Crippen molar-refractivity contribution in [3.63, 3.8) is 0 Å². The van der Waals surface area contributed by atoms with Gasteiger partial charge in [0.1, 0.15) is 11.5 Å². The van der Waals surface area contributed by atoms with E-state index in [1.54, 1.807) is 0 Å². The van der Waals surface area contributed by atoms with Crippen LogP contribution in [0.1, 0.15) is 13.8 Å². The molecule has 0 fully saturated rings. The maximum Gasteiger partial charge on any atom is 0.122 e. The Hall–Kier alpha value is -1.22. The molecule has 3 nitrogen and oxygen atoms in total. The van der Waals surface area contributed by atoms with Gasteiger partial charge in [-0.1, -0.05) is 0 Å². The van der Waals surface area contributed by atoms with Gasteiger partial charge in [-0.15, -0.1) is 0 Å². The van der Waals surface area contributed by atoms with Crippen molar-refractivity contribution in [2.45, 2.75) is 6.42 Å². The van der Waals surface area contributed by atoms with Crippen molar-refractivity contribution in [3.8, 4) is 11.5 Å². The molecule has 0 aromatic heterocycles. The number of ether oxygens (including phenoxy) is 2. The molecule has 3 heteroatoms. The number of methoxy groups -OCH3 is 2. The summed E-state index contributed by atoms with van der Waals surface area (Å²) < 4.78 is 51.7. The predicted octanol–water partition coefficient (Wildman–Crippen LogP) is 1.21. The van der Waals surface area contributed by atoms with Gasteiger partial charge in [-0.2, -0.15) is 0 Å². The number of benzene rings is 1. The fourth-order valence-electron chi connectivity index (χ4n) is 1.07. The highest BCUT2D eigenvalue weighted by molar-refractivity contribution is 5.40. The van der Waals surface area contributed by atoms with Gasteiger partial charge in [0.2, 0.25) is 0 Å². The lowest BCUT2D eigenvalue weighted by Crippen LogP contribution is -2.04. The van der Waals surface area contributed by atoms with Crippen LogP contribution < -0.4 is 15.2 Å². The molecule has 0 saturated heterocycles. The average Bonchev–Trinajstić information content (AvgIpc) is 2.18. The van der Waals surface area contributed by atoms with Gasteiger partial charge in [0.05, 0.1) is 22.3 Å². The van der Waals surface area contributed by atoms with Crippen LogP contribution in [0, 0.1) is 0 Å². The van der Waals surface area contributed by atoms with Gasteiger partial charge >= 0.3 is 0 Å². The normalized spacial score (nSPS) is 18.5. The topological polar surface area (TPSA) is 44.5 Å². The van der Waals surface area contributed by atoms with Crippen LogP contribution in [0.5, 0.6) is 11.5 Å². The molecule has 0 aliphatic carbocycles. The van der Waals surface area contributed by atoms with Crippen molar-refractivity contribution in [1.82, 2.24) is 0 Å². The Kier molecular flexibility index (Phi) is 1.57. The van der Waals surface area contributed by atoms with Gasteiger partial charge in [-0.25, -0.2) is 0 Å². The third kappa shape index (κ3) is 2.36. The highest BCUT2D eigenvalue weighted by Crippen LogP contribution is 2.23. The average molecular weight is 187 g/mol. The fraction of sp³-hybridized carbons (Fsp3) is 0.400. The summed E-state index contributed by atoms with van der Waals surface area (Å²) in [5.74, 6) is 0.254. The minimum atomic E-state index is -2.57. The van der Waals surface area contributed by atoms with Crippen LogP contribution in [0.3, 0.4) is 0 Å². The van der Waals surface area contributed by atoms with E-state index < -0.39 is 14.1 Å². The largest absolute Gasteiger partial charge is 0.497 e. The third-order valence-electron chi connectivity index (χ3n) is 1.67. The second-order valence-corrected chi connectivity index (χ2v) is 2.51. The van der Waals surface area contributed by atoms with Crippen molar-refractivity contribution in [3.05, 3.63) is 23.8 Å². The van der Waals surface area contributed by atoms with Gasteiger partial charge in [-0.3, -0.25) is 0 Å². The van der Waals surface area contributed by atoms with Gasteiger partial charge in [-0.05, 0) is 36.7 Å². The fourth-order valence-corrected chi connectivity index (χ4v) is 1.07. The lowest BCUT2D eigenvalue weighted by Gasteiger charge is -2.08. The highest BCUT2D eigenvalue weighted by atomic mass is 16.5. The number of nitrogens with two attached hydrogens (primary N) is 1. The number of hydrogen-bond acceptors (Lipinski definition) is 3. The molecular weight excluding hydrogens is 166 g/mol. The molecule has 0 atom stereocenters. The van der Waals surface area contributed by atoms with Gasteiger partial charge < -0.3 is 15.2 Å². The molecule has 0 spiro atoms. The molecule has 0 bridgehead atoms. The Morgan fingerprint density at radius 2 is 2.23 bits per heavy atom. The highest BCUT2D eigenvalue weighted by Gasteiger charge is 2.03. The van der Waals surface area contributed by atoms with Crippen molar-refractivity contribution in [2.24, 2.45) is 5.73 Å². The Morgan fingerprint density at radius 3 is 2.92 bits per heavy atom. The van der Waals surface area contributed by atoms with E-state index in [1.807, 2.05) is 0 Å². The Balaban J connectivity index is 3.00. The molecule has 0 radical (unpaired) electrons. The summed E-state index contributed by atoms with van der Waals surface area (Å²) in [5.41, 5.74) is 5.91. The number of hydrogen-bond donors (Lipinski definition) is 1. The zero-order valence-corrected chi connectivity index (χ0v) is 7.04. The summed E-state index contributed by atoms with van der Waals surface area (Å²) in [6.45, 7) is 0.272. The van der Waals surface area contributed by atoms with E-state index in [0.717, 1.165) is 0 Å². The smallest absolute Gasteiger partial charge is 0.122 e. The molecular formula is C10H15NO2. The first-order valence-corrected chi connectivity index (χ1v) is 3.82. The monoisotopic (exact) mass is 187 g/mol. The summed E-state index contributed by atoms with van der Waals surface area (Å²) in [4.78, 5) is 0. The summed E-state index contributed by atoms with van der Waals surface area (Å²) in [6, 6.07) is 4.12. The van der Waals surface area contributed by atoms with Crippen molar-refractivity contribution < 1.29 is 17.7 Å². The van der Waals surface area contributed by atoms with Crippen LogP contribution in [0.25, 0.3) is 0 Å². The van der Waals surface area contributed by atoms with Crippen molar-refractivity contribution in [2.75, 3.05) is 20.6 Å². The van der Waals surface area contributed by atoms with E-state index in [4.69, 9.17) is 23.4 Å². The summed E-state index contributed by atoms with van der Waals surface area (Å²) in [6.07, 6.45) is 0.351. The van der Waals surface area contributed by atoms with Gasteiger partial charge in [0.15, 0.2) is 0 Å². The van der Waals surface area contributed by atoms with E-state index in [-0.39, 0.29) is 18.0 Å². The first-order valence-electron chi connectivity index (χ1n) is 6.82. The van der Waals surface area contributed by atoms with E-state index in [0.29, 0.717) is 12.0 Å². The molecule has 1 aromatic carbocycles. The first-order chi connectivity index (χ1) is 8.61. The Labute approximate surface area is 86.9 Å². The second-order valence-electron chi connectivity index (χ2n) is 2.51. The molecule has 1 aromatic rings. The minimum absolute atomic E-state index is 0.112. The summed E-state index contributed by atoms with van der Waals surface area (Å²) >= 11 is 0. The van der Waals surface area contributed by atoms with Gasteiger partial charge in [0.25, 0.3) is 0 Å². The van der Waals surface area contributed by atoms with E-state index in [2.05, 4.69) is 0 Å². The molecule has 0 heterocycles. The Morgan fingerprint density at radius 1 is 1.38 bits per heavy atom. The molecule has 0 aliphatic rings. The Bertz CT molecular complexity index is 429. The molecule has 2 N–H and O–H groups in total. The molecule has 0 saturated carbocycles. The molecule has 0 aliphatic heterocycles. The maximum absolute atomic E-state index is 7.05. The molecule has 1 rings (SSSR count). The lowest BCUT2D eigenvalue weighted by atomic mass is 10.1. The zero-order valence-electron chi connectivity index (χ0n) is 13.0. The molecule has 72 valence electrons. The van der Waals surface area contributed by atoms with Crippen LogP contribution in [-0.4, -0.2) is 20.6 Å². The van der Waals surface area contributed by atoms with Crippen LogP contribution in [0.4, 0.5) is 0 Å². The molecule has 0 unspecified atom stereocenters. The van der Waals surface area contributed by atoms with E-state index in [9.17, 15) is 0 Å². The van der Waals surface area contributed by atoms with Crippen LogP contribution in [0.15, 0.2) is 18.2 Å². The van der Waals surface area contributed by atoms with Crippen molar-refractivity contribution >= 4 is 0 Å². The standard InChI is InChI=1S/C10H15NO2/c1-12-9-3-4-10(13-2)8(7-9)5-6-11/h3-4,7H,5-6,11H2,1-2H3/i1D3,2D3. The first kappa shape index (κ1) is 4.33. The van der Waals surface area contributed by atoms with Gasteiger partial charge in [0, 0.05) is 0 Å². The van der Waals surface area contributed by atoms with Crippen molar-refractivity contribution in [1.29, 1.82) is 0 Å². The lowest BCUT2D eigenvalue weighted by molar-refractivity contribution is 0.399. The van der Waals surface area contributed by atoms with Crippen LogP contribution in [-0.2, 0) is 6.42 Å². The quantitative estimate of drug-likeness (QED) is 0.770. The molecule has 13 heavy (non-hydrogen) atoms. The summed E-state index contributed by atoms with van der Waals surface area (Å²) in [5, 5.41) is 0. The zero-order chi connectivity index (χ0) is 14.7. The van der Waals surface area contributed by atoms with E-state index in [1.165, 1.54) is 18.2 Å². The SMILES string of the molecule is [2H]C([2H])([2H])Oc1ccc(OC([2H])([2H])[2H])c(CCN)c1. The van der Waals surface area contributed by atoms with Crippen LogP contribution in [0.2, 0.25) is 0 Å². The third-order valence-corrected chi connectivity index (χ3v) is 1.67. The van der Waals surface area contributed by atoms with E-state index >= 15 is 0 Å². The van der Waals surface area contributed by atoms with Crippen LogP contribution >= 0.6 is 0 Å².